The number of rotatable bonds is 37. The smallest absolute Gasteiger partial charge is 0.306 e. The number of ether oxygens (including phenoxy) is 3. The third-order valence-electron chi connectivity index (χ3n) is 18.5. The number of nitrogens with one attached hydrogen (secondary N) is 1. The first kappa shape index (κ1) is 71.0. The average Bonchev–Trinajstić information content (AvgIpc) is 1.77. The normalized spacial score (nSPS) is 21.8. The molecule has 0 unspecified atom stereocenters. The second-order valence-electron chi connectivity index (χ2n) is 25.2. The first-order valence-corrected chi connectivity index (χ1v) is 31.5. The van der Waals surface area contributed by atoms with Crippen LogP contribution in [0.3, 0.4) is 0 Å². The molecule has 480 valence electrons. The molecule has 1 aromatic carbocycles. The number of unbranched alkanes of at least 4 members (excludes halogenated alkanes) is 2. The highest BCUT2D eigenvalue weighted by Gasteiger charge is 2.63. The molecule has 3 aliphatic heterocycles. The minimum atomic E-state index is -1.18. The average molecular weight is 1200 g/mol. The van der Waals surface area contributed by atoms with E-state index in [0.29, 0.717) is 77.6 Å². The van der Waals surface area contributed by atoms with Crippen molar-refractivity contribution in [3.05, 3.63) is 48.0 Å². The van der Waals surface area contributed by atoms with Crippen molar-refractivity contribution in [3.63, 3.8) is 0 Å². The van der Waals surface area contributed by atoms with Gasteiger partial charge in [-0.2, -0.15) is 0 Å². The number of imide groups is 1. The molecule has 4 aliphatic rings. The number of methoxy groups -OCH3 is 2. The lowest BCUT2D eigenvalue weighted by Gasteiger charge is -2.41. The van der Waals surface area contributed by atoms with E-state index in [4.69, 9.17) is 24.8 Å². The van der Waals surface area contributed by atoms with Gasteiger partial charge in [0.15, 0.2) is 11.6 Å². The molecular formula is C65H101N7O14. The van der Waals surface area contributed by atoms with Gasteiger partial charge in [-0.25, -0.2) is 5.06 Å². The SMILES string of the molecule is CC[C@H](C)[C@@H]([C@@H](CC(=O)N1CCC[C@H]1[C@H](OC)[C@@H](C)C(=O)C[C@@]1(C(=O)N2CCCCO2)C[C@@H]1c1ccccc1)OC)N(C)C(=O)[C@@H](CC(=O)[C@H](C(C)C)N(C)CCCC(=O)O[C@H](C)[C@H](N)C(=O)CNC(=O)CCCCCN1C(=O)C=CC1=O)C(C)C. The zero-order chi connectivity index (χ0) is 63.6. The van der Waals surface area contributed by atoms with Crippen LogP contribution in [0.2, 0.25) is 0 Å². The molecule has 3 fully saturated rings. The van der Waals surface area contributed by atoms with Gasteiger partial charge in [0, 0.05) is 90.6 Å². The molecule has 6 amide bonds. The molecule has 1 aliphatic carbocycles. The third kappa shape index (κ3) is 18.7. The zero-order valence-electron chi connectivity index (χ0n) is 53.4. The van der Waals surface area contributed by atoms with E-state index in [1.165, 1.54) is 24.1 Å². The van der Waals surface area contributed by atoms with E-state index in [-0.39, 0.29) is 116 Å². The fourth-order valence-corrected chi connectivity index (χ4v) is 13.1. The van der Waals surface area contributed by atoms with Gasteiger partial charge in [-0.05, 0) is 101 Å². The quantitative estimate of drug-likeness (QED) is 0.0440. The molecule has 0 spiro atoms. The van der Waals surface area contributed by atoms with Crippen molar-refractivity contribution >= 4 is 58.8 Å². The minimum absolute atomic E-state index is 0.0145. The van der Waals surface area contributed by atoms with Crippen molar-refractivity contribution < 1.29 is 67.0 Å². The summed E-state index contributed by atoms with van der Waals surface area (Å²) in [5.41, 5.74) is 6.21. The van der Waals surface area contributed by atoms with Gasteiger partial charge in [-0.15, -0.1) is 0 Å². The van der Waals surface area contributed by atoms with Crippen LogP contribution in [0.5, 0.6) is 0 Å². The van der Waals surface area contributed by atoms with E-state index < -0.39 is 71.5 Å². The fraction of sp³-hybridized carbons (Fsp3) is 0.723. The number of carbonyl (C=O) groups is 10. The first-order chi connectivity index (χ1) is 40.8. The summed E-state index contributed by atoms with van der Waals surface area (Å²) in [6.07, 6.45) is 6.44. The molecule has 3 heterocycles. The Morgan fingerprint density at radius 1 is 0.802 bits per heavy atom. The molecule has 0 aromatic heterocycles. The summed E-state index contributed by atoms with van der Waals surface area (Å²) in [5.74, 6) is -4.85. The monoisotopic (exact) mass is 1200 g/mol. The van der Waals surface area contributed by atoms with Crippen molar-refractivity contribution in [1.82, 2.24) is 30.0 Å². The van der Waals surface area contributed by atoms with Gasteiger partial charge in [-0.1, -0.05) is 91.6 Å². The minimum Gasteiger partial charge on any atom is -0.461 e. The van der Waals surface area contributed by atoms with Crippen molar-refractivity contribution in [2.24, 2.45) is 40.7 Å². The first-order valence-electron chi connectivity index (χ1n) is 31.5. The number of ketones is 3. The van der Waals surface area contributed by atoms with Crippen molar-refractivity contribution in [2.75, 3.05) is 67.6 Å². The van der Waals surface area contributed by atoms with E-state index in [9.17, 15) is 47.9 Å². The molecule has 1 aromatic rings. The van der Waals surface area contributed by atoms with E-state index in [0.717, 1.165) is 23.3 Å². The summed E-state index contributed by atoms with van der Waals surface area (Å²) in [6, 6.07) is 7.13. The Hall–Kier alpha value is -5.74. The number of nitrogens with zero attached hydrogens (tertiary/aromatic N) is 5. The number of likely N-dealkylation sites (N-methyl/N-ethyl adjacent to an activating group) is 2. The second kappa shape index (κ2) is 33.6. The fourth-order valence-electron chi connectivity index (χ4n) is 13.1. The summed E-state index contributed by atoms with van der Waals surface area (Å²) in [6.45, 7) is 16.8. The van der Waals surface area contributed by atoms with Gasteiger partial charge in [-0.3, -0.25) is 62.6 Å². The van der Waals surface area contributed by atoms with E-state index in [2.05, 4.69) is 5.32 Å². The Morgan fingerprint density at radius 3 is 2.09 bits per heavy atom. The van der Waals surface area contributed by atoms with E-state index in [1.807, 2.05) is 90.7 Å². The highest BCUT2D eigenvalue weighted by atomic mass is 16.7. The highest BCUT2D eigenvalue weighted by Crippen LogP contribution is 2.63. The van der Waals surface area contributed by atoms with Crippen LogP contribution in [0, 0.1) is 35.0 Å². The van der Waals surface area contributed by atoms with Crippen molar-refractivity contribution in [1.29, 1.82) is 0 Å². The third-order valence-corrected chi connectivity index (χ3v) is 18.5. The Morgan fingerprint density at radius 2 is 1.49 bits per heavy atom. The van der Waals surface area contributed by atoms with Crippen LogP contribution >= 0.6 is 0 Å². The number of benzene rings is 1. The summed E-state index contributed by atoms with van der Waals surface area (Å²) in [4.78, 5) is 147. The molecule has 0 bridgehead atoms. The summed E-state index contributed by atoms with van der Waals surface area (Å²) in [7, 11) is 6.65. The maximum atomic E-state index is 14.9. The molecule has 21 nitrogen and oxygen atoms in total. The van der Waals surface area contributed by atoms with Crippen LogP contribution in [0.4, 0.5) is 0 Å². The van der Waals surface area contributed by atoms with Gasteiger partial charge in [0.2, 0.25) is 17.7 Å². The molecular weight excluding hydrogens is 1100 g/mol. The summed E-state index contributed by atoms with van der Waals surface area (Å²) in [5, 5.41) is 4.01. The summed E-state index contributed by atoms with van der Waals surface area (Å²) < 4.78 is 17.8. The summed E-state index contributed by atoms with van der Waals surface area (Å²) >= 11 is 0. The lowest BCUT2D eigenvalue weighted by Crippen LogP contribution is -2.54. The Kier molecular flexibility index (Phi) is 27.7. The number of hydrogen-bond donors (Lipinski definition) is 2. The lowest BCUT2D eigenvalue weighted by molar-refractivity contribution is -0.203. The molecule has 3 N–H and O–H groups in total. The van der Waals surface area contributed by atoms with Crippen molar-refractivity contribution in [2.45, 2.75) is 200 Å². The molecule has 0 radical (unpaired) electrons. The topological polar surface area (TPSA) is 262 Å². The van der Waals surface area contributed by atoms with E-state index in [1.54, 1.807) is 31.1 Å². The number of Topliss-reactive ketones (excluding diaryl/α,β-unsaturated/α-hetero) is 3. The van der Waals surface area contributed by atoms with Crippen LogP contribution in [0.1, 0.15) is 163 Å². The van der Waals surface area contributed by atoms with Crippen LogP contribution in [-0.2, 0) is 67.0 Å². The standard InChI is InChI=1S/C65H101N7O14/c1-13-43(6)61(53(83-11)37-57(79)70-33-22-26-49(70)62(84-12)44(7)51(74)39-65(64(82)72-34-20-21-35-85-72)38-48(65)46-24-16-14-17-25-46)69(10)63(81)47(41(2)3)36-50(73)60(42(4)5)68(9)31-23-28-58(80)86-45(8)59(66)52(75)40-67-54(76)27-18-15-19-32-71-55(77)29-30-56(71)78/h14,16-17,24-25,29-30,41-45,47-49,53,59-62H,13,15,18-23,26-28,31-40,66H2,1-12H3,(H,67,76)/t43-,44-,45+,47-,48+,49-,53+,59-,60-,61-,62+,65-/m0/s1. The highest BCUT2D eigenvalue weighted by molar-refractivity contribution is 6.12. The second-order valence-corrected chi connectivity index (χ2v) is 25.2. The number of likely N-dealkylation sites (tertiary alicyclic amines) is 1. The van der Waals surface area contributed by atoms with Crippen LogP contribution in [-0.4, -0.2) is 194 Å². The Bertz CT molecular complexity index is 2500. The number of hydrogen-bond acceptors (Lipinski definition) is 16. The van der Waals surface area contributed by atoms with Gasteiger partial charge in [0.25, 0.3) is 17.7 Å². The van der Waals surface area contributed by atoms with Crippen molar-refractivity contribution in [3.8, 4) is 0 Å². The Balaban J connectivity index is 1.13. The van der Waals surface area contributed by atoms with Crippen LogP contribution in [0.15, 0.2) is 42.5 Å². The van der Waals surface area contributed by atoms with Crippen LogP contribution < -0.4 is 11.1 Å². The number of esters is 1. The zero-order valence-corrected chi connectivity index (χ0v) is 53.4. The maximum absolute atomic E-state index is 14.9. The van der Waals surface area contributed by atoms with Crippen LogP contribution in [0.25, 0.3) is 0 Å². The van der Waals surface area contributed by atoms with Gasteiger partial charge >= 0.3 is 5.97 Å². The largest absolute Gasteiger partial charge is 0.461 e. The molecule has 86 heavy (non-hydrogen) atoms. The van der Waals surface area contributed by atoms with Gasteiger partial charge < -0.3 is 35.1 Å². The van der Waals surface area contributed by atoms with E-state index >= 15 is 0 Å². The lowest BCUT2D eigenvalue weighted by atomic mass is 9.83. The van der Waals surface area contributed by atoms with Gasteiger partial charge in [0.05, 0.1) is 55.3 Å². The predicted octanol–water partition coefficient (Wildman–Crippen LogP) is 5.99. The molecule has 12 atom stereocenters. The maximum Gasteiger partial charge on any atom is 0.306 e. The Labute approximate surface area is 510 Å². The molecule has 5 rings (SSSR count). The molecule has 21 heteroatoms. The number of amides is 6. The molecule has 2 saturated heterocycles. The number of hydroxylamine groups is 2. The van der Waals surface area contributed by atoms with Gasteiger partial charge in [0.1, 0.15) is 17.9 Å². The predicted molar refractivity (Wildman–Crippen MR) is 323 cm³/mol. The number of carbonyl (C=O) groups excluding carboxylic acids is 10. The number of nitrogens with two attached hydrogens (primary N) is 1. The molecule has 1 saturated carbocycles.